The molecule has 88 valence electrons. The molecule has 0 bridgehead atoms. The molecular formula is C10H14N2O3S. The highest BCUT2D eigenvalue weighted by atomic mass is 32.2. The first-order valence-corrected chi connectivity index (χ1v) is 6.29. The lowest BCUT2D eigenvalue weighted by atomic mass is 9.98. The van der Waals surface area contributed by atoms with Crippen LogP contribution in [0, 0.1) is 5.92 Å². The Morgan fingerprint density at radius 3 is 2.62 bits per heavy atom. The molecule has 1 N–H and O–H groups in total. The van der Waals surface area contributed by atoms with Gasteiger partial charge in [-0.15, -0.1) is 0 Å². The van der Waals surface area contributed by atoms with E-state index in [-0.39, 0.29) is 28.9 Å². The van der Waals surface area contributed by atoms with E-state index in [9.17, 15) is 14.4 Å². The fourth-order valence-electron chi connectivity index (χ4n) is 1.82. The van der Waals surface area contributed by atoms with Gasteiger partial charge in [-0.25, -0.2) is 0 Å². The molecule has 2 rings (SSSR count). The lowest BCUT2D eigenvalue weighted by molar-refractivity contribution is -0.142. The van der Waals surface area contributed by atoms with Crippen molar-refractivity contribution < 1.29 is 14.4 Å². The van der Waals surface area contributed by atoms with Crippen LogP contribution in [0.1, 0.15) is 13.3 Å². The summed E-state index contributed by atoms with van der Waals surface area (Å²) in [7, 11) is 0. The maximum absolute atomic E-state index is 11.7. The molecule has 0 aromatic rings. The maximum atomic E-state index is 11.7. The SMILES string of the molecule is CC(=O)N1CC(C(=O)N[C@H]2CCSC2=O)C1. The molecule has 2 amide bonds. The smallest absolute Gasteiger partial charge is 0.227 e. The zero-order valence-corrected chi connectivity index (χ0v) is 9.88. The second-order valence-corrected chi connectivity index (χ2v) is 5.24. The van der Waals surface area contributed by atoms with Crippen LogP contribution >= 0.6 is 11.8 Å². The predicted molar refractivity (Wildman–Crippen MR) is 59.8 cm³/mol. The molecule has 0 aliphatic carbocycles. The maximum Gasteiger partial charge on any atom is 0.227 e. The van der Waals surface area contributed by atoms with E-state index in [1.54, 1.807) is 4.90 Å². The van der Waals surface area contributed by atoms with E-state index >= 15 is 0 Å². The van der Waals surface area contributed by atoms with Gasteiger partial charge in [-0.3, -0.25) is 14.4 Å². The monoisotopic (exact) mass is 242 g/mol. The lowest BCUT2D eigenvalue weighted by Gasteiger charge is -2.37. The van der Waals surface area contributed by atoms with Crippen molar-refractivity contribution in [2.45, 2.75) is 19.4 Å². The van der Waals surface area contributed by atoms with Crippen LogP contribution in [0.5, 0.6) is 0 Å². The summed E-state index contributed by atoms with van der Waals surface area (Å²) in [5.74, 6) is 0.547. The fraction of sp³-hybridized carbons (Fsp3) is 0.700. The minimum absolute atomic E-state index is 0.00320. The first kappa shape index (κ1) is 11.4. The molecule has 2 saturated heterocycles. The number of amides is 2. The number of likely N-dealkylation sites (tertiary alicyclic amines) is 1. The third-order valence-corrected chi connectivity index (χ3v) is 3.96. The molecule has 0 saturated carbocycles. The van der Waals surface area contributed by atoms with Gasteiger partial charge in [-0.1, -0.05) is 11.8 Å². The summed E-state index contributed by atoms with van der Waals surface area (Å²) < 4.78 is 0. The number of rotatable bonds is 2. The molecule has 0 aromatic carbocycles. The molecule has 1 atom stereocenters. The van der Waals surface area contributed by atoms with E-state index in [0.717, 1.165) is 12.2 Å². The highest BCUT2D eigenvalue weighted by Gasteiger charge is 2.36. The largest absolute Gasteiger partial charge is 0.345 e. The van der Waals surface area contributed by atoms with Gasteiger partial charge in [0.25, 0.3) is 0 Å². The van der Waals surface area contributed by atoms with Crippen molar-refractivity contribution in [1.82, 2.24) is 10.2 Å². The van der Waals surface area contributed by atoms with E-state index in [4.69, 9.17) is 0 Å². The second kappa shape index (κ2) is 4.45. The van der Waals surface area contributed by atoms with Crippen molar-refractivity contribution >= 4 is 28.7 Å². The van der Waals surface area contributed by atoms with Gasteiger partial charge in [-0.2, -0.15) is 0 Å². The molecule has 5 nitrogen and oxygen atoms in total. The molecular weight excluding hydrogens is 228 g/mol. The van der Waals surface area contributed by atoms with Crippen LogP contribution < -0.4 is 5.32 Å². The average molecular weight is 242 g/mol. The summed E-state index contributed by atoms with van der Waals surface area (Å²) in [5, 5.41) is 2.79. The van der Waals surface area contributed by atoms with Crippen LogP contribution in [0.25, 0.3) is 0 Å². The second-order valence-electron chi connectivity index (χ2n) is 4.14. The number of carbonyl (C=O) groups excluding carboxylic acids is 3. The summed E-state index contributed by atoms with van der Waals surface area (Å²) in [6, 6.07) is -0.316. The Morgan fingerprint density at radius 1 is 1.44 bits per heavy atom. The van der Waals surface area contributed by atoms with Crippen LogP contribution in [0.2, 0.25) is 0 Å². The molecule has 16 heavy (non-hydrogen) atoms. The van der Waals surface area contributed by atoms with E-state index in [1.807, 2.05) is 0 Å². The molecule has 2 heterocycles. The molecule has 0 spiro atoms. The number of nitrogens with one attached hydrogen (secondary N) is 1. The highest BCUT2D eigenvalue weighted by Crippen LogP contribution is 2.21. The number of hydrogen-bond acceptors (Lipinski definition) is 4. The summed E-state index contributed by atoms with van der Waals surface area (Å²) in [4.78, 5) is 35.5. The van der Waals surface area contributed by atoms with Crippen LogP contribution in [0.4, 0.5) is 0 Å². The topological polar surface area (TPSA) is 66.5 Å². The van der Waals surface area contributed by atoms with Gasteiger partial charge in [0.15, 0.2) is 0 Å². The number of nitrogens with zero attached hydrogens (tertiary/aromatic N) is 1. The Bertz CT molecular complexity index is 339. The van der Waals surface area contributed by atoms with E-state index in [0.29, 0.717) is 13.1 Å². The van der Waals surface area contributed by atoms with Gasteiger partial charge < -0.3 is 10.2 Å². The Balaban J connectivity index is 1.77. The molecule has 6 heteroatoms. The zero-order chi connectivity index (χ0) is 11.7. The Morgan fingerprint density at radius 2 is 2.12 bits per heavy atom. The predicted octanol–water partition coefficient (Wildman–Crippen LogP) is -0.387. The Hall–Kier alpha value is -1.04. The van der Waals surface area contributed by atoms with Crippen molar-refractivity contribution in [3.8, 4) is 0 Å². The summed E-state index contributed by atoms with van der Waals surface area (Å²) >= 11 is 1.27. The minimum Gasteiger partial charge on any atom is -0.345 e. The van der Waals surface area contributed by atoms with Crippen LogP contribution in [-0.2, 0) is 14.4 Å². The molecule has 2 aliphatic heterocycles. The van der Waals surface area contributed by atoms with Crippen LogP contribution in [0.15, 0.2) is 0 Å². The summed E-state index contributed by atoms with van der Waals surface area (Å²) in [5.41, 5.74) is 0. The van der Waals surface area contributed by atoms with Gasteiger partial charge in [0.1, 0.15) is 0 Å². The number of carbonyl (C=O) groups is 3. The molecule has 0 aromatic heterocycles. The molecule has 2 fully saturated rings. The normalized spacial score (nSPS) is 25.4. The van der Waals surface area contributed by atoms with Crippen molar-refractivity contribution in [3.63, 3.8) is 0 Å². The quantitative estimate of drug-likeness (QED) is 0.716. The standard InChI is InChI=1S/C10H14N2O3S/c1-6(13)12-4-7(5-12)9(14)11-8-2-3-16-10(8)15/h7-8H,2-5H2,1H3,(H,11,14)/t8-/m0/s1. The highest BCUT2D eigenvalue weighted by molar-refractivity contribution is 8.14. The van der Waals surface area contributed by atoms with E-state index in [2.05, 4.69) is 5.32 Å². The Kier molecular flexibility index (Phi) is 3.18. The van der Waals surface area contributed by atoms with Crippen molar-refractivity contribution in [2.75, 3.05) is 18.8 Å². The first-order chi connectivity index (χ1) is 7.58. The van der Waals surface area contributed by atoms with Gasteiger partial charge in [0.05, 0.1) is 12.0 Å². The number of thioether (sulfide) groups is 1. The molecule has 0 unspecified atom stereocenters. The minimum atomic E-state index is -0.316. The van der Waals surface area contributed by atoms with Gasteiger partial charge in [0.2, 0.25) is 16.9 Å². The molecule has 2 aliphatic rings. The van der Waals surface area contributed by atoms with Crippen molar-refractivity contribution in [3.05, 3.63) is 0 Å². The van der Waals surface area contributed by atoms with Crippen LogP contribution in [0.3, 0.4) is 0 Å². The molecule has 0 radical (unpaired) electrons. The zero-order valence-electron chi connectivity index (χ0n) is 9.06. The van der Waals surface area contributed by atoms with E-state index < -0.39 is 0 Å². The van der Waals surface area contributed by atoms with E-state index in [1.165, 1.54) is 18.7 Å². The summed E-state index contributed by atoms with van der Waals surface area (Å²) in [6.07, 6.45) is 0.721. The van der Waals surface area contributed by atoms with Crippen LogP contribution in [-0.4, -0.2) is 46.7 Å². The van der Waals surface area contributed by atoms with Crippen molar-refractivity contribution in [2.24, 2.45) is 5.92 Å². The van der Waals surface area contributed by atoms with Crippen molar-refractivity contribution in [1.29, 1.82) is 0 Å². The lowest BCUT2D eigenvalue weighted by Crippen LogP contribution is -2.56. The third kappa shape index (κ3) is 2.21. The Labute approximate surface area is 97.9 Å². The van der Waals surface area contributed by atoms with Gasteiger partial charge >= 0.3 is 0 Å². The number of hydrogen-bond donors (Lipinski definition) is 1. The van der Waals surface area contributed by atoms with Gasteiger partial charge in [0, 0.05) is 25.8 Å². The third-order valence-electron chi connectivity index (χ3n) is 2.95. The fourth-order valence-corrected chi connectivity index (χ4v) is 2.75. The summed E-state index contributed by atoms with van der Waals surface area (Å²) in [6.45, 7) is 2.45. The van der Waals surface area contributed by atoms with Gasteiger partial charge in [-0.05, 0) is 6.42 Å². The first-order valence-electron chi connectivity index (χ1n) is 5.30. The average Bonchev–Trinajstić information content (AvgIpc) is 2.48.